The molecule has 2 rings (SSSR count). The van der Waals surface area contributed by atoms with E-state index >= 15 is 0 Å². The van der Waals surface area contributed by atoms with Crippen molar-refractivity contribution in [2.45, 2.75) is 52.5 Å². The lowest BCUT2D eigenvalue weighted by Crippen LogP contribution is -2.39. The standard InChI is InChI=1S/C21H27NO3/c1-15(2)8-6-9-16(3)14-17(10-7-13-23)22-20(24)18-11-4-5-12-19(18)21(22)25/h4-5,8,11-12,14,17,23H,6-7,9-10,13H2,1-3H3. The highest BCUT2D eigenvalue weighted by Gasteiger charge is 2.38. The van der Waals surface area contributed by atoms with Gasteiger partial charge in [-0.2, -0.15) is 0 Å². The van der Waals surface area contributed by atoms with Gasteiger partial charge in [0.2, 0.25) is 0 Å². The summed E-state index contributed by atoms with van der Waals surface area (Å²) >= 11 is 0. The van der Waals surface area contributed by atoms with Crippen LogP contribution in [0.3, 0.4) is 0 Å². The Bertz CT molecular complexity index is 664. The van der Waals surface area contributed by atoms with Gasteiger partial charge in [0.05, 0.1) is 17.2 Å². The number of aliphatic hydroxyl groups excluding tert-OH is 1. The van der Waals surface area contributed by atoms with Crippen molar-refractivity contribution in [3.05, 3.63) is 58.7 Å². The van der Waals surface area contributed by atoms with E-state index in [9.17, 15) is 14.7 Å². The van der Waals surface area contributed by atoms with Gasteiger partial charge in [-0.05, 0) is 58.6 Å². The van der Waals surface area contributed by atoms with Crippen LogP contribution in [0.2, 0.25) is 0 Å². The number of carbonyl (C=O) groups excluding carboxylic acids is 2. The molecule has 0 saturated heterocycles. The van der Waals surface area contributed by atoms with E-state index < -0.39 is 0 Å². The van der Waals surface area contributed by atoms with Crippen molar-refractivity contribution < 1.29 is 14.7 Å². The highest BCUT2D eigenvalue weighted by molar-refractivity contribution is 6.21. The summed E-state index contributed by atoms with van der Waals surface area (Å²) in [6.07, 6.45) is 7.15. The Morgan fingerprint density at radius 2 is 1.72 bits per heavy atom. The summed E-state index contributed by atoms with van der Waals surface area (Å²) in [7, 11) is 0. The molecule has 0 bridgehead atoms. The molecule has 4 heteroatoms. The molecule has 0 radical (unpaired) electrons. The molecular weight excluding hydrogens is 314 g/mol. The average Bonchev–Trinajstić information content (AvgIpc) is 2.83. The fourth-order valence-electron chi connectivity index (χ4n) is 3.10. The van der Waals surface area contributed by atoms with Crippen LogP contribution in [0.1, 0.15) is 67.2 Å². The van der Waals surface area contributed by atoms with E-state index in [1.165, 1.54) is 10.5 Å². The van der Waals surface area contributed by atoms with Gasteiger partial charge < -0.3 is 5.11 Å². The molecule has 0 aromatic heterocycles. The van der Waals surface area contributed by atoms with E-state index in [1.54, 1.807) is 24.3 Å². The maximum Gasteiger partial charge on any atom is 0.262 e. The van der Waals surface area contributed by atoms with Gasteiger partial charge in [-0.1, -0.05) is 35.4 Å². The molecule has 1 aromatic rings. The number of fused-ring (bicyclic) bond motifs is 1. The van der Waals surface area contributed by atoms with Gasteiger partial charge in [0.15, 0.2) is 0 Å². The highest BCUT2D eigenvalue weighted by atomic mass is 16.3. The molecule has 2 amide bonds. The number of nitrogens with zero attached hydrogens (tertiary/aromatic N) is 1. The Morgan fingerprint density at radius 1 is 1.12 bits per heavy atom. The van der Waals surface area contributed by atoms with E-state index in [0.717, 1.165) is 18.4 Å². The summed E-state index contributed by atoms with van der Waals surface area (Å²) < 4.78 is 0. The van der Waals surface area contributed by atoms with Crippen LogP contribution in [0.5, 0.6) is 0 Å². The van der Waals surface area contributed by atoms with Crippen molar-refractivity contribution in [3.63, 3.8) is 0 Å². The number of rotatable bonds is 8. The topological polar surface area (TPSA) is 57.6 Å². The molecule has 1 N–H and O–H groups in total. The fraction of sp³-hybridized carbons (Fsp3) is 0.429. The first kappa shape index (κ1) is 19.1. The van der Waals surface area contributed by atoms with Crippen LogP contribution in [-0.4, -0.2) is 34.5 Å². The summed E-state index contributed by atoms with van der Waals surface area (Å²) in [5.41, 5.74) is 3.37. The first-order valence-corrected chi connectivity index (χ1v) is 8.84. The number of aliphatic hydroxyl groups is 1. The summed E-state index contributed by atoms with van der Waals surface area (Å²) in [5.74, 6) is -0.478. The lowest BCUT2D eigenvalue weighted by molar-refractivity contribution is 0.0603. The molecule has 0 fully saturated rings. The predicted octanol–water partition coefficient (Wildman–Crippen LogP) is 4.12. The maximum absolute atomic E-state index is 12.7. The Balaban J connectivity index is 2.22. The molecule has 1 aromatic carbocycles. The molecule has 1 aliphatic rings. The second kappa shape index (κ2) is 8.77. The number of hydrogen-bond acceptors (Lipinski definition) is 3. The zero-order chi connectivity index (χ0) is 18.4. The minimum atomic E-state index is -0.314. The van der Waals surface area contributed by atoms with Crippen molar-refractivity contribution in [2.24, 2.45) is 0 Å². The van der Waals surface area contributed by atoms with Crippen molar-refractivity contribution >= 4 is 11.8 Å². The van der Waals surface area contributed by atoms with Gasteiger partial charge >= 0.3 is 0 Å². The average molecular weight is 341 g/mol. The van der Waals surface area contributed by atoms with Crippen molar-refractivity contribution in [1.29, 1.82) is 0 Å². The SMILES string of the molecule is CC(C)=CCCC(C)=CC(CCCO)N1C(=O)c2ccccc2C1=O. The molecular formula is C21H27NO3. The number of benzene rings is 1. The molecule has 25 heavy (non-hydrogen) atoms. The molecule has 1 heterocycles. The summed E-state index contributed by atoms with van der Waals surface area (Å²) in [6.45, 7) is 6.22. The van der Waals surface area contributed by atoms with E-state index in [2.05, 4.69) is 19.9 Å². The van der Waals surface area contributed by atoms with Gasteiger partial charge in [-0.15, -0.1) is 0 Å². The minimum absolute atomic E-state index is 0.0460. The third kappa shape index (κ3) is 4.67. The molecule has 134 valence electrons. The Hall–Kier alpha value is -2.20. The number of carbonyl (C=O) groups is 2. The third-order valence-corrected chi connectivity index (χ3v) is 4.38. The third-order valence-electron chi connectivity index (χ3n) is 4.38. The zero-order valence-corrected chi connectivity index (χ0v) is 15.3. The van der Waals surface area contributed by atoms with Gasteiger partial charge in [0.25, 0.3) is 11.8 Å². The molecule has 1 aliphatic heterocycles. The Kier molecular flexibility index (Phi) is 6.71. The molecule has 1 unspecified atom stereocenters. The predicted molar refractivity (Wildman–Crippen MR) is 99.5 cm³/mol. The first-order valence-electron chi connectivity index (χ1n) is 8.84. The number of imide groups is 1. The summed E-state index contributed by atoms with van der Waals surface area (Å²) in [5, 5.41) is 9.18. The van der Waals surface area contributed by atoms with Gasteiger partial charge in [-0.25, -0.2) is 0 Å². The molecule has 0 aliphatic carbocycles. The fourth-order valence-corrected chi connectivity index (χ4v) is 3.10. The van der Waals surface area contributed by atoms with Crippen molar-refractivity contribution in [3.8, 4) is 0 Å². The second-order valence-corrected chi connectivity index (χ2v) is 6.79. The van der Waals surface area contributed by atoms with Gasteiger partial charge in [0.1, 0.15) is 0 Å². The zero-order valence-electron chi connectivity index (χ0n) is 15.3. The lowest BCUT2D eigenvalue weighted by atomic mass is 10.0. The van der Waals surface area contributed by atoms with Crippen LogP contribution in [0.15, 0.2) is 47.6 Å². The lowest BCUT2D eigenvalue weighted by Gasteiger charge is -2.24. The van der Waals surface area contributed by atoms with Crippen LogP contribution in [0.4, 0.5) is 0 Å². The van der Waals surface area contributed by atoms with E-state index in [4.69, 9.17) is 0 Å². The summed E-state index contributed by atoms with van der Waals surface area (Å²) in [4.78, 5) is 26.8. The quantitative estimate of drug-likeness (QED) is 0.572. The van der Waals surface area contributed by atoms with Crippen molar-refractivity contribution in [2.75, 3.05) is 6.61 Å². The number of hydrogen-bond donors (Lipinski definition) is 1. The van der Waals surface area contributed by atoms with Gasteiger partial charge in [-0.3, -0.25) is 14.5 Å². The molecule has 0 spiro atoms. The minimum Gasteiger partial charge on any atom is -0.396 e. The first-order chi connectivity index (χ1) is 12.0. The number of allylic oxidation sites excluding steroid dienone is 3. The Labute approximate surface area is 149 Å². The van der Waals surface area contributed by atoms with E-state index in [-0.39, 0.29) is 24.5 Å². The molecule has 4 nitrogen and oxygen atoms in total. The summed E-state index contributed by atoms with van der Waals surface area (Å²) in [6, 6.07) is 6.63. The monoisotopic (exact) mass is 341 g/mol. The van der Waals surface area contributed by atoms with Crippen LogP contribution < -0.4 is 0 Å². The Morgan fingerprint density at radius 3 is 2.24 bits per heavy atom. The van der Waals surface area contributed by atoms with E-state index in [0.29, 0.717) is 24.0 Å². The van der Waals surface area contributed by atoms with Crippen LogP contribution in [0.25, 0.3) is 0 Å². The van der Waals surface area contributed by atoms with E-state index in [1.807, 2.05) is 13.0 Å². The van der Waals surface area contributed by atoms with Crippen LogP contribution in [-0.2, 0) is 0 Å². The maximum atomic E-state index is 12.7. The largest absolute Gasteiger partial charge is 0.396 e. The second-order valence-electron chi connectivity index (χ2n) is 6.79. The van der Waals surface area contributed by atoms with Crippen LogP contribution >= 0.6 is 0 Å². The number of amides is 2. The normalized spacial score (nSPS) is 15.4. The van der Waals surface area contributed by atoms with Crippen molar-refractivity contribution in [1.82, 2.24) is 4.90 Å². The molecule has 0 saturated carbocycles. The van der Waals surface area contributed by atoms with Crippen LogP contribution in [0, 0.1) is 0 Å². The smallest absolute Gasteiger partial charge is 0.262 e. The highest BCUT2D eigenvalue weighted by Crippen LogP contribution is 2.27. The molecule has 1 atom stereocenters. The van der Waals surface area contributed by atoms with Gasteiger partial charge in [0, 0.05) is 6.61 Å².